The number of carbonyl (C=O) groups excluding carboxylic acids is 1. The first kappa shape index (κ1) is 22.2. The van der Waals surface area contributed by atoms with E-state index in [0.717, 1.165) is 23.3 Å². The van der Waals surface area contributed by atoms with Crippen LogP contribution < -0.4 is 10.6 Å². The van der Waals surface area contributed by atoms with Gasteiger partial charge in [-0.1, -0.05) is 66.7 Å². The highest BCUT2D eigenvalue weighted by Gasteiger charge is 2.48. The highest BCUT2D eigenvalue weighted by Crippen LogP contribution is 2.37. The van der Waals surface area contributed by atoms with Gasteiger partial charge in [0.15, 0.2) is 0 Å². The first-order valence-electron chi connectivity index (χ1n) is 11.2. The molecule has 3 saturated heterocycles. The van der Waals surface area contributed by atoms with Crippen LogP contribution in [0.2, 0.25) is 0 Å². The number of nitrogens with one attached hydrogen (secondary N) is 2. The van der Waals surface area contributed by atoms with Gasteiger partial charge in [-0.2, -0.15) is 13.2 Å². The van der Waals surface area contributed by atoms with Gasteiger partial charge in [0.05, 0.1) is 5.56 Å². The summed E-state index contributed by atoms with van der Waals surface area (Å²) >= 11 is 0. The van der Waals surface area contributed by atoms with Gasteiger partial charge in [0.25, 0.3) is 0 Å². The van der Waals surface area contributed by atoms with Crippen LogP contribution in [0.4, 0.5) is 23.7 Å². The van der Waals surface area contributed by atoms with E-state index in [4.69, 9.17) is 0 Å². The molecule has 2 N–H and O–H groups in total. The van der Waals surface area contributed by atoms with Crippen molar-refractivity contribution in [3.8, 4) is 0 Å². The Morgan fingerprint density at radius 1 is 0.853 bits per heavy atom. The number of alkyl halides is 3. The van der Waals surface area contributed by atoms with Crippen molar-refractivity contribution < 1.29 is 18.0 Å². The fourth-order valence-electron chi connectivity index (χ4n) is 4.69. The van der Waals surface area contributed by atoms with Gasteiger partial charge in [-0.25, -0.2) is 4.79 Å². The molecule has 7 heteroatoms. The summed E-state index contributed by atoms with van der Waals surface area (Å²) in [5.74, 6) is 0.335. The van der Waals surface area contributed by atoms with Crippen LogP contribution in [0.25, 0.3) is 12.2 Å². The molecule has 3 fully saturated rings. The maximum absolute atomic E-state index is 12.7. The van der Waals surface area contributed by atoms with Gasteiger partial charge in [0, 0.05) is 36.8 Å². The largest absolute Gasteiger partial charge is 0.416 e. The Bertz CT molecular complexity index is 1160. The van der Waals surface area contributed by atoms with E-state index < -0.39 is 11.7 Å². The normalized spacial score (nSPS) is 21.9. The smallest absolute Gasteiger partial charge is 0.321 e. The molecule has 2 amide bonds. The average Bonchev–Trinajstić information content (AvgIpc) is 2.84. The molecular formula is C27H24F3N3O. The molecule has 6 rings (SSSR count). The van der Waals surface area contributed by atoms with Crippen LogP contribution in [0, 0.1) is 0 Å². The minimum Gasteiger partial charge on any atom is -0.321 e. The van der Waals surface area contributed by atoms with E-state index >= 15 is 0 Å². The third-order valence-electron chi connectivity index (χ3n) is 6.47. The molecule has 0 radical (unpaired) electrons. The van der Waals surface area contributed by atoms with Crippen LogP contribution >= 0.6 is 0 Å². The number of piperidine rings is 1. The van der Waals surface area contributed by atoms with Crippen LogP contribution in [-0.4, -0.2) is 36.1 Å². The number of carbonyl (C=O) groups is 1. The van der Waals surface area contributed by atoms with Gasteiger partial charge in [-0.05, 0) is 41.0 Å². The van der Waals surface area contributed by atoms with Crippen molar-refractivity contribution in [3.05, 3.63) is 101 Å². The number of hydrogen-bond donors (Lipinski definition) is 2. The number of amides is 2. The number of fused-ring (bicyclic) bond motifs is 2. The molecule has 2 bridgehead atoms. The highest BCUT2D eigenvalue weighted by atomic mass is 19.4. The predicted molar refractivity (Wildman–Crippen MR) is 127 cm³/mol. The number of hydrogen-bond acceptors (Lipinski definition) is 2. The predicted octanol–water partition coefficient (Wildman–Crippen LogP) is 5.85. The van der Waals surface area contributed by atoms with Crippen LogP contribution in [0.5, 0.6) is 0 Å². The summed E-state index contributed by atoms with van der Waals surface area (Å²) in [7, 11) is 0. The molecule has 0 aromatic heterocycles. The lowest BCUT2D eigenvalue weighted by atomic mass is 9.74. The molecule has 4 nitrogen and oxygen atoms in total. The van der Waals surface area contributed by atoms with E-state index in [0.29, 0.717) is 24.7 Å². The van der Waals surface area contributed by atoms with E-state index in [1.165, 1.54) is 17.7 Å². The molecular weight excluding hydrogens is 439 g/mol. The van der Waals surface area contributed by atoms with Gasteiger partial charge in [-0.3, -0.25) is 0 Å². The Morgan fingerprint density at radius 3 is 2.03 bits per heavy atom. The lowest BCUT2D eigenvalue weighted by Gasteiger charge is -2.54. The minimum absolute atomic E-state index is 0.155. The summed E-state index contributed by atoms with van der Waals surface area (Å²) in [6, 6.07) is 23.2. The van der Waals surface area contributed by atoms with Crippen molar-refractivity contribution >= 4 is 23.9 Å². The van der Waals surface area contributed by atoms with Crippen LogP contribution in [-0.2, 0) is 6.18 Å². The summed E-state index contributed by atoms with van der Waals surface area (Å²) in [6.07, 6.45) is -0.220. The van der Waals surface area contributed by atoms with Crippen LogP contribution in [0.1, 0.15) is 28.2 Å². The molecule has 34 heavy (non-hydrogen) atoms. The molecule has 3 aliphatic heterocycles. The maximum Gasteiger partial charge on any atom is 0.416 e. The Labute approximate surface area is 196 Å². The number of halogens is 3. The van der Waals surface area contributed by atoms with Crippen molar-refractivity contribution in [2.75, 3.05) is 18.4 Å². The number of urea groups is 1. The van der Waals surface area contributed by atoms with Gasteiger partial charge in [-0.15, -0.1) is 0 Å². The zero-order chi connectivity index (χ0) is 23.7. The number of benzene rings is 3. The number of anilines is 1. The van der Waals surface area contributed by atoms with Crippen molar-refractivity contribution in [3.63, 3.8) is 0 Å². The fraction of sp³-hybridized carbons (Fsp3) is 0.222. The zero-order valence-corrected chi connectivity index (χ0v) is 18.3. The number of rotatable bonds is 4. The number of nitrogens with zero attached hydrogens (tertiary/aromatic N) is 1. The first-order chi connectivity index (χ1) is 16.4. The lowest BCUT2D eigenvalue weighted by molar-refractivity contribution is -0.137. The molecule has 1 unspecified atom stereocenters. The van der Waals surface area contributed by atoms with E-state index in [-0.39, 0.29) is 18.1 Å². The second-order valence-corrected chi connectivity index (χ2v) is 8.73. The topological polar surface area (TPSA) is 44.4 Å². The lowest BCUT2D eigenvalue weighted by Crippen LogP contribution is -2.72. The summed E-state index contributed by atoms with van der Waals surface area (Å²) in [5.41, 5.74) is 3.13. The van der Waals surface area contributed by atoms with Gasteiger partial charge in [0.1, 0.15) is 0 Å². The summed E-state index contributed by atoms with van der Waals surface area (Å²) in [6.45, 7) is 1.09. The van der Waals surface area contributed by atoms with Crippen molar-refractivity contribution in [1.82, 2.24) is 10.2 Å². The molecule has 3 heterocycles. The summed E-state index contributed by atoms with van der Waals surface area (Å²) < 4.78 is 38.2. The van der Waals surface area contributed by atoms with Gasteiger partial charge in [0.2, 0.25) is 0 Å². The molecule has 3 atom stereocenters. The second-order valence-electron chi connectivity index (χ2n) is 8.73. The molecule has 174 valence electrons. The molecule has 3 aromatic carbocycles. The molecule has 0 aliphatic carbocycles. The Balaban J connectivity index is 1.17. The van der Waals surface area contributed by atoms with Gasteiger partial charge < -0.3 is 15.5 Å². The van der Waals surface area contributed by atoms with Crippen molar-refractivity contribution in [1.29, 1.82) is 0 Å². The van der Waals surface area contributed by atoms with E-state index in [2.05, 4.69) is 59.2 Å². The Morgan fingerprint density at radius 2 is 1.44 bits per heavy atom. The third-order valence-corrected chi connectivity index (χ3v) is 6.47. The monoisotopic (exact) mass is 463 g/mol. The molecule has 0 saturated carbocycles. The van der Waals surface area contributed by atoms with E-state index in [9.17, 15) is 18.0 Å². The van der Waals surface area contributed by atoms with Gasteiger partial charge >= 0.3 is 12.2 Å². The number of piperazine rings is 1. The van der Waals surface area contributed by atoms with E-state index in [1.807, 2.05) is 18.2 Å². The SMILES string of the molecule is O=C(Nc1ccc(C(F)(F)F)cc1)N1C[C@@H]2N[C@H](C1)C2c1ccc(/C=C/c2ccccc2)cc1. The maximum atomic E-state index is 12.7. The van der Waals surface area contributed by atoms with Crippen molar-refractivity contribution in [2.45, 2.75) is 24.2 Å². The van der Waals surface area contributed by atoms with E-state index in [1.54, 1.807) is 4.90 Å². The van der Waals surface area contributed by atoms with Crippen LogP contribution in [0.15, 0.2) is 78.9 Å². The third kappa shape index (κ3) is 4.70. The minimum atomic E-state index is -4.40. The Hall–Kier alpha value is -3.58. The molecule has 3 aliphatic rings. The zero-order valence-electron chi connectivity index (χ0n) is 18.3. The average molecular weight is 464 g/mol. The van der Waals surface area contributed by atoms with Crippen LogP contribution in [0.3, 0.4) is 0 Å². The molecule has 3 aromatic rings. The fourth-order valence-corrected chi connectivity index (χ4v) is 4.69. The highest BCUT2D eigenvalue weighted by molar-refractivity contribution is 5.89. The second kappa shape index (κ2) is 8.99. The first-order valence-corrected chi connectivity index (χ1v) is 11.2. The quantitative estimate of drug-likeness (QED) is 0.477. The summed E-state index contributed by atoms with van der Waals surface area (Å²) in [5, 5.41) is 6.21. The standard InChI is InChI=1S/C27H24F3N3O/c28-27(29,30)21-12-14-22(15-13-21)31-26(34)33-16-23-25(24(17-33)32-23)20-10-8-19(9-11-20)7-6-18-4-2-1-3-5-18/h1-15,23-25,32H,16-17H2,(H,31,34)/b7-6+/t23-,24+,25?. The molecule has 0 spiro atoms. The Kier molecular flexibility index (Phi) is 5.87. The van der Waals surface area contributed by atoms with Crippen molar-refractivity contribution in [2.24, 2.45) is 0 Å². The summed E-state index contributed by atoms with van der Waals surface area (Å²) in [4.78, 5) is 14.4.